The summed E-state index contributed by atoms with van der Waals surface area (Å²) in [6.07, 6.45) is 0. The summed E-state index contributed by atoms with van der Waals surface area (Å²) in [6.45, 7) is 3.44. The van der Waals surface area contributed by atoms with Gasteiger partial charge in [0, 0.05) is 16.7 Å². The maximum atomic E-state index is 13.1. The Hall–Kier alpha value is -0.570. The number of rotatable bonds is 3. The molecule has 0 fully saturated rings. The standard InChI is InChI=1S/C10H13BrFN/c1-10(2,12)7-13-9-5-3-8(11)4-6-9/h3-6,13H,7H2,1-2H3. The first-order valence-corrected chi connectivity index (χ1v) is 4.95. The monoisotopic (exact) mass is 245 g/mol. The summed E-state index contributed by atoms with van der Waals surface area (Å²) in [4.78, 5) is 0. The maximum Gasteiger partial charge on any atom is 0.122 e. The number of nitrogens with one attached hydrogen (secondary N) is 1. The second kappa shape index (κ2) is 4.09. The van der Waals surface area contributed by atoms with Gasteiger partial charge < -0.3 is 5.32 Å². The minimum Gasteiger partial charge on any atom is -0.382 e. The van der Waals surface area contributed by atoms with Crippen molar-refractivity contribution in [1.29, 1.82) is 0 Å². The molecule has 0 amide bonds. The van der Waals surface area contributed by atoms with Crippen LogP contribution in [0, 0.1) is 0 Å². The quantitative estimate of drug-likeness (QED) is 0.858. The average molecular weight is 246 g/mol. The Morgan fingerprint density at radius 1 is 1.31 bits per heavy atom. The zero-order chi connectivity index (χ0) is 9.90. The van der Waals surface area contributed by atoms with E-state index in [1.54, 1.807) is 13.8 Å². The predicted octanol–water partition coefficient (Wildman–Crippen LogP) is 3.61. The van der Waals surface area contributed by atoms with Gasteiger partial charge in [-0.2, -0.15) is 0 Å². The SMILES string of the molecule is CC(C)(F)CNc1ccc(Br)cc1. The van der Waals surface area contributed by atoms with Crippen molar-refractivity contribution in [1.82, 2.24) is 0 Å². The van der Waals surface area contributed by atoms with Crippen molar-refractivity contribution < 1.29 is 4.39 Å². The number of hydrogen-bond donors (Lipinski definition) is 1. The van der Waals surface area contributed by atoms with Crippen molar-refractivity contribution in [3.63, 3.8) is 0 Å². The zero-order valence-corrected chi connectivity index (χ0v) is 9.36. The van der Waals surface area contributed by atoms with E-state index in [1.165, 1.54) is 0 Å². The molecule has 1 N–H and O–H groups in total. The molecule has 0 atom stereocenters. The van der Waals surface area contributed by atoms with E-state index in [0.29, 0.717) is 6.54 Å². The summed E-state index contributed by atoms with van der Waals surface area (Å²) >= 11 is 3.33. The molecule has 1 aromatic carbocycles. The smallest absolute Gasteiger partial charge is 0.122 e. The van der Waals surface area contributed by atoms with Crippen LogP contribution < -0.4 is 5.32 Å². The van der Waals surface area contributed by atoms with Crippen LogP contribution in [-0.4, -0.2) is 12.2 Å². The fraction of sp³-hybridized carbons (Fsp3) is 0.400. The molecule has 3 heteroatoms. The molecule has 0 spiro atoms. The predicted molar refractivity (Wildman–Crippen MR) is 57.8 cm³/mol. The van der Waals surface area contributed by atoms with Crippen LogP contribution >= 0.6 is 15.9 Å². The molecule has 13 heavy (non-hydrogen) atoms. The molecule has 0 aromatic heterocycles. The average Bonchev–Trinajstić information content (AvgIpc) is 2.02. The van der Waals surface area contributed by atoms with Gasteiger partial charge >= 0.3 is 0 Å². The first kappa shape index (κ1) is 10.5. The third kappa shape index (κ3) is 4.27. The van der Waals surface area contributed by atoms with E-state index in [2.05, 4.69) is 21.2 Å². The van der Waals surface area contributed by atoms with E-state index in [-0.39, 0.29) is 0 Å². The van der Waals surface area contributed by atoms with Gasteiger partial charge in [0.05, 0.1) is 0 Å². The van der Waals surface area contributed by atoms with Crippen molar-refractivity contribution in [3.05, 3.63) is 28.7 Å². The summed E-state index contributed by atoms with van der Waals surface area (Å²) in [5.41, 5.74) is -0.235. The lowest BCUT2D eigenvalue weighted by atomic mass is 10.2. The van der Waals surface area contributed by atoms with Crippen LogP contribution in [0.25, 0.3) is 0 Å². The maximum absolute atomic E-state index is 13.1. The molecule has 0 heterocycles. The van der Waals surface area contributed by atoms with Gasteiger partial charge in [-0.25, -0.2) is 4.39 Å². The molecule has 0 saturated carbocycles. The number of alkyl halides is 1. The summed E-state index contributed by atoms with van der Waals surface area (Å²) in [5.74, 6) is 0. The van der Waals surface area contributed by atoms with Crippen LogP contribution in [0.1, 0.15) is 13.8 Å². The van der Waals surface area contributed by atoms with E-state index < -0.39 is 5.67 Å². The molecule has 0 saturated heterocycles. The van der Waals surface area contributed by atoms with Crippen molar-refractivity contribution in [2.24, 2.45) is 0 Å². The highest BCUT2D eigenvalue weighted by molar-refractivity contribution is 9.10. The third-order valence-corrected chi connectivity index (χ3v) is 2.09. The lowest BCUT2D eigenvalue weighted by Gasteiger charge is -2.15. The fourth-order valence-corrected chi connectivity index (χ4v) is 1.14. The Morgan fingerprint density at radius 3 is 2.31 bits per heavy atom. The van der Waals surface area contributed by atoms with E-state index in [9.17, 15) is 4.39 Å². The summed E-state index contributed by atoms with van der Waals surface area (Å²) in [5, 5.41) is 3.02. The first-order valence-electron chi connectivity index (χ1n) is 4.16. The Morgan fingerprint density at radius 2 is 1.85 bits per heavy atom. The highest BCUT2D eigenvalue weighted by Gasteiger charge is 2.14. The van der Waals surface area contributed by atoms with Crippen molar-refractivity contribution >= 4 is 21.6 Å². The molecule has 1 aromatic rings. The van der Waals surface area contributed by atoms with Crippen LogP contribution in [-0.2, 0) is 0 Å². The van der Waals surface area contributed by atoms with Gasteiger partial charge in [0.1, 0.15) is 5.67 Å². The van der Waals surface area contributed by atoms with Crippen LogP contribution in [0.2, 0.25) is 0 Å². The Bertz CT molecular complexity index is 263. The van der Waals surface area contributed by atoms with E-state index in [0.717, 1.165) is 10.2 Å². The van der Waals surface area contributed by atoms with Crippen LogP contribution in [0.5, 0.6) is 0 Å². The van der Waals surface area contributed by atoms with E-state index >= 15 is 0 Å². The first-order chi connectivity index (χ1) is 5.97. The van der Waals surface area contributed by atoms with Gasteiger partial charge in [-0.05, 0) is 38.1 Å². The van der Waals surface area contributed by atoms with E-state index in [1.807, 2.05) is 24.3 Å². The molecule has 72 valence electrons. The molecule has 0 radical (unpaired) electrons. The molecule has 0 bridgehead atoms. The normalized spacial score (nSPS) is 11.4. The van der Waals surface area contributed by atoms with Crippen molar-refractivity contribution in [2.45, 2.75) is 19.5 Å². The lowest BCUT2D eigenvalue weighted by Crippen LogP contribution is -2.24. The van der Waals surface area contributed by atoms with Crippen LogP contribution in [0.4, 0.5) is 10.1 Å². The molecule has 1 nitrogen and oxygen atoms in total. The Balaban J connectivity index is 2.51. The Kier molecular flexibility index (Phi) is 3.31. The van der Waals surface area contributed by atoms with Crippen LogP contribution in [0.3, 0.4) is 0 Å². The summed E-state index contributed by atoms with van der Waals surface area (Å²) in [7, 11) is 0. The second-order valence-corrected chi connectivity index (χ2v) is 4.49. The number of benzene rings is 1. The number of anilines is 1. The minimum atomic E-state index is -1.17. The highest BCUT2D eigenvalue weighted by Crippen LogP contribution is 2.15. The van der Waals surface area contributed by atoms with Gasteiger partial charge in [0.15, 0.2) is 0 Å². The number of halogens is 2. The lowest BCUT2D eigenvalue weighted by molar-refractivity contribution is 0.235. The number of hydrogen-bond acceptors (Lipinski definition) is 1. The largest absolute Gasteiger partial charge is 0.382 e. The molecule has 1 rings (SSSR count). The third-order valence-electron chi connectivity index (χ3n) is 1.56. The molecular formula is C10H13BrFN. The van der Waals surface area contributed by atoms with Crippen LogP contribution in [0.15, 0.2) is 28.7 Å². The molecule has 0 unspecified atom stereocenters. The van der Waals surface area contributed by atoms with Gasteiger partial charge in [-0.1, -0.05) is 15.9 Å². The molecule has 0 aliphatic carbocycles. The molecular weight excluding hydrogens is 233 g/mol. The highest BCUT2D eigenvalue weighted by atomic mass is 79.9. The summed E-state index contributed by atoms with van der Waals surface area (Å²) in [6, 6.07) is 7.67. The Labute approximate surface area is 86.5 Å². The topological polar surface area (TPSA) is 12.0 Å². The summed E-state index contributed by atoms with van der Waals surface area (Å²) < 4.78 is 14.1. The van der Waals surface area contributed by atoms with Gasteiger partial charge in [-0.3, -0.25) is 0 Å². The van der Waals surface area contributed by atoms with Crippen molar-refractivity contribution in [2.75, 3.05) is 11.9 Å². The fourth-order valence-electron chi connectivity index (χ4n) is 0.880. The molecule has 0 aliphatic heterocycles. The minimum absolute atomic E-state index is 0.328. The van der Waals surface area contributed by atoms with Crippen molar-refractivity contribution in [3.8, 4) is 0 Å². The zero-order valence-electron chi connectivity index (χ0n) is 7.77. The van der Waals surface area contributed by atoms with Gasteiger partial charge in [-0.15, -0.1) is 0 Å². The van der Waals surface area contributed by atoms with Gasteiger partial charge in [0.2, 0.25) is 0 Å². The van der Waals surface area contributed by atoms with E-state index in [4.69, 9.17) is 0 Å². The van der Waals surface area contributed by atoms with Gasteiger partial charge in [0.25, 0.3) is 0 Å². The molecule has 0 aliphatic rings. The second-order valence-electron chi connectivity index (χ2n) is 3.58.